The number of hydrogen-bond donors (Lipinski definition) is 1. The molecule has 0 fully saturated rings. The summed E-state index contributed by atoms with van der Waals surface area (Å²) in [6.45, 7) is -1.24. The van der Waals surface area contributed by atoms with Crippen molar-refractivity contribution in [2.24, 2.45) is 0 Å². The number of halogens is 3. The van der Waals surface area contributed by atoms with Crippen molar-refractivity contribution in [2.45, 2.75) is 25.3 Å². The van der Waals surface area contributed by atoms with Crippen LogP contribution < -0.4 is 0 Å². The molecule has 0 radical (unpaired) electrons. The van der Waals surface area contributed by atoms with Crippen molar-refractivity contribution in [2.75, 3.05) is 19.8 Å². The minimum Gasteiger partial charge on any atom is -0.396 e. The van der Waals surface area contributed by atoms with Gasteiger partial charge >= 0.3 is 6.18 Å². The Morgan fingerprint density at radius 3 is 2.42 bits per heavy atom. The highest BCUT2D eigenvalue weighted by Crippen LogP contribution is 2.16. The fourth-order valence-electron chi connectivity index (χ4n) is 1.45. The first-order valence-electron chi connectivity index (χ1n) is 5.92. The number of alkyl halides is 3. The molecule has 0 saturated heterocycles. The number of ether oxygens (including phenoxy) is 2. The molecule has 6 heteroatoms. The number of aliphatic hydroxyl groups is 1. The Hall–Kier alpha value is -1.11. The lowest BCUT2D eigenvalue weighted by molar-refractivity contribution is -0.192. The Balaban J connectivity index is 2.29. The number of rotatable bonds is 8. The van der Waals surface area contributed by atoms with Crippen LogP contribution in [0, 0.1) is 0 Å². The SMILES string of the molecule is OCCC(COCc1ccccc1)OCC(F)(F)F. The van der Waals surface area contributed by atoms with Gasteiger partial charge in [0.2, 0.25) is 0 Å². The third-order valence-electron chi connectivity index (χ3n) is 2.35. The van der Waals surface area contributed by atoms with E-state index in [2.05, 4.69) is 4.74 Å². The van der Waals surface area contributed by atoms with E-state index in [-0.39, 0.29) is 19.6 Å². The van der Waals surface area contributed by atoms with Crippen molar-refractivity contribution < 1.29 is 27.8 Å². The maximum atomic E-state index is 12.0. The minimum atomic E-state index is -4.37. The van der Waals surface area contributed by atoms with E-state index in [1.165, 1.54) is 0 Å². The molecule has 3 nitrogen and oxygen atoms in total. The predicted octanol–water partition coefficient (Wildman–Crippen LogP) is 2.53. The third kappa shape index (κ3) is 7.81. The summed E-state index contributed by atoms with van der Waals surface area (Å²) in [5, 5.41) is 8.77. The summed E-state index contributed by atoms with van der Waals surface area (Å²) in [7, 11) is 0. The molecule has 19 heavy (non-hydrogen) atoms. The molecule has 0 heterocycles. The molecule has 0 aromatic heterocycles. The smallest absolute Gasteiger partial charge is 0.396 e. The van der Waals surface area contributed by atoms with E-state index in [9.17, 15) is 13.2 Å². The lowest BCUT2D eigenvalue weighted by Gasteiger charge is -2.18. The summed E-state index contributed by atoms with van der Waals surface area (Å²) < 4.78 is 46.0. The van der Waals surface area contributed by atoms with Crippen LogP contribution in [0.4, 0.5) is 13.2 Å². The van der Waals surface area contributed by atoms with Crippen LogP contribution in [0.2, 0.25) is 0 Å². The zero-order chi connectivity index (χ0) is 14.1. The maximum Gasteiger partial charge on any atom is 0.411 e. The maximum absolute atomic E-state index is 12.0. The molecule has 0 aliphatic heterocycles. The Morgan fingerprint density at radius 2 is 1.84 bits per heavy atom. The second kappa shape index (κ2) is 8.14. The van der Waals surface area contributed by atoms with Gasteiger partial charge in [0.1, 0.15) is 6.61 Å². The van der Waals surface area contributed by atoms with Crippen molar-refractivity contribution >= 4 is 0 Å². The topological polar surface area (TPSA) is 38.7 Å². The van der Waals surface area contributed by atoms with Crippen LogP contribution in [0.3, 0.4) is 0 Å². The first-order valence-corrected chi connectivity index (χ1v) is 5.92. The Bertz CT molecular complexity index is 341. The molecule has 1 aromatic rings. The van der Waals surface area contributed by atoms with Crippen LogP contribution in [0.5, 0.6) is 0 Å². The first kappa shape index (κ1) is 15.9. The van der Waals surface area contributed by atoms with E-state index >= 15 is 0 Å². The van der Waals surface area contributed by atoms with Gasteiger partial charge < -0.3 is 14.6 Å². The summed E-state index contributed by atoms with van der Waals surface area (Å²) in [4.78, 5) is 0. The zero-order valence-electron chi connectivity index (χ0n) is 10.4. The minimum absolute atomic E-state index is 0.0194. The average Bonchev–Trinajstić information content (AvgIpc) is 2.36. The molecular formula is C13H17F3O3. The van der Waals surface area contributed by atoms with Crippen molar-refractivity contribution in [3.8, 4) is 0 Å². The summed E-state index contributed by atoms with van der Waals surface area (Å²) in [5.74, 6) is 0. The van der Waals surface area contributed by atoms with Gasteiger partial charge in [-0.05, 0) is 12.0 Å². The van der Waals surface area contributed by atoms with Crippen LogP contribution >= 0.6 is 0 Å². The standard InChI is InChI=1S/C13H17F3O3/c14-13(15,16)10-19-12(6-7-17)9-18-8-11-4-2-1-3-5-11/h1-5,12,17H,6-10H2. The first-order chi connectivity index (χ1) is 9.01. The van der Waals surface area contributed by atoms with Gasteiger partial charge in [0.25, 0.3) is 0 Å². The van der Waals surface area contributed by atoms with E-state index in [1.54, 1.807) is 0 Å². The van der Waals surface area contributed by atoms with Gasteiger partial charge in [0, 0.05) is 6.61 Å². The highest BCUT2D eigenvalue weighted by molar-refractivity contribution is 5.13. The van der Waals surface area contributed by atoms with Gasteiger partial charge in [-0.1, -0.05) is 30.3 Å². The molecule has 0 saturated carbocycles. The fourth-order valence-corrected chi connectivity index (χ4v) is 1.45. The molecular weight excluding hydrogens is 261 g/mol. The van der Waals surface area contributed by atoms with E-state index < -0.39 is 18.9 Å². The van der Waals surface area contributed by atoms with E-state index in [4.69, 9.17) is 9.84 Å². The Labute approximate surface area is 110 Å². The van der Waals surface area contributed by atoms with Gasteiger partial charge in [-0.3, -0.25) is 0 Å². The highest BCUT2D eigenvalue weighted by Gasteiger charge is 2.29. The van der Waals surface area contributed by atoms with Crippen LogP contribution in [-0.2, 0) is 16.1 Å². The normalized spacial score (nSPS) is 13.5. The summed E-state index contributed by atoms with van der Waals surface area (Å²) in [6.07, 6.45) is -5.01. The summed E-state index contributed by atoms with van der Waals surface area (Å²) in [5.41, 5.74) is 0.932. The van der Waals surface area contributed by atoms with Crippen LogP contribution in [0.1, 0.15) is 12.0 Å². The molecule has 1 unspecified atom stereocenters. The molecule has 1 aromatic carbocycles. The summed E-state index contributed by atoms with van der Waals surface area (Å²) >= 11 is 0. The lowest BCUT2D eigenvalue weighted by atomic mass is 10.2. The second-order valence-corrected chi connectivity index (χ2v) is 4.06. The fraction of sp³-hybridized carbons (Fsp3) is 0.538. The summed E-state index contributed by atoms with van der Waals surface area (Å²) in [6, 6.07) is 9.29. The number of benzene rings is 1. The van der Waals surface area contributed by atoms with Crippen LogP contribution in [-0.4, -0.2) is 37.2 Å². The van der Waals surface area contributed by atoms with Gasteiger partial charge in [-0.15, -0.1) is 0 Å². The third-order valence-corrected chi connectivity index (χ3v) is 2.35. The molecule has 0 bridgehead atoms. The molecule has 0 spiro atoms. The van der Waals surface area contributed by atoms with E-state index in [0.29, 0.717) is 6.61 Å². The number of aliphatic hydroxyl groups excluding tert-OH is 1. The molecule has 1 atom stereocenters. The highest BCUT2D eigenvalue weighted by atomic mass is 19.4. The molecule has 0 aliphatic carbocycles. The van der Waals surface area contributed by atoms with Gasteiger partial charge in [-0.25, -0.2) is 0 Å². The molecule has 0 aliphatic rings. The second-order valence-electron chi connectivity index (χ2n) is 4.06. The molecule has 108 valence electrons. The zero-order valence-corrected chi connectivity index (χ0v) is 10.4. The van der Waals surface area contributed by atoms with Crippen molar-refractivity contribution in [3.05, 3.63) is 35.9 Å². The average molecular weight is 278 g/mol. The Kier molecular flexibility index (Phi) is 6.83. The predicted molar refractivity (Wildman–Crippen MR) is 63.6 cm³/mol. The van der Waals surface area contributed by atoms with Crippen LogP contribution in [0.15, 0.2) is 30.3 Å². The molecule has 0 amide bonds. The largest absolute Gasteiger partial charge is 0.411 e. The van der Waals surface area contributed by atoms with E-state index in [0.717, 1.165) is 5.56 Å². The van der Waals surface area contributed by atoms with Crippen molar-refractivity contribution in [3.63, 3.8) is 0 Å². The van der Waals surface area contributed by atoms with Crippen molar-refractivity contribution in [1.82, 2.24) is 0 Å². The molecule has 1 rings (SSSR count). The quantitative estimate of drug-likeness (QED) is 0.794. The number of hydrogen-bond acceptors (Lipinski definition) is 3. The van der Waals surface area contributed by atoms with Gasteiger partial charge in [-0.2, -0.15) is 13.2 Å². The molecule has 1 N–H and O–H groups in total. The van der Waals surface area contributed by atoms with Crippen LogP contribution in [0.25, 0.3) is 0 Å². The Morgan fingerprint density at radius 1 is 1.16 bits per heavy atom. The lowest BCUT2D eigenvalue weighted by Crippen LogP contribution is -2.27. The van der Waals surface area contributed by atoms with Gasteiger partial charge in [0.15, 0.2) is 0 Å². The van der Waals surface area contributed by atoms with Gasteiger partial charge in [0.05, 0.1) is 19.3 Å². The monoisotopic (exact) mass is 278 g/mol. The van der Waals surface area contributed by atoms with Crippen molar-refractivity contribution in [1.29, 1.82) is 0 Å². The van der Waals surface area contributed by atoms with E-state index in [1.807, 2.05) is 30.3 Å².